The van der Waals surface area contributed by atoms with Crippen molar-refractivity contribution in [2.45, 2.75) is 18.9 Å². The minimum atomic E-state index is 0.344. The lowest BCUT2D eigenvalue weighted by atomic mass is 10.1. The minimum Gasteiger partial charge on any atom is -0.372 e. The Hall–Kier alpha value is -0.380. The summed E-state index contributed by atoms with van der Waals surface area (Å²) in [6.07, 6.45) is 2.52. The molecule has 1 aliphatic heterocycles. The highest BCUT2D eigenvalue weighted by Crippen LogP contribution is 2.33. The molecule has 2 heterocycles. The summed E-state index contributed by atoms with van der Waals surface area (Å²) in [6, 6.07) is 2.23. The predicted molar refractivity (Wildman–Crippen MR) is 55.3 cm³/mol. The van der Waals surface area contributed by atoms with Crippen LogP contribution in [0.1, 0.15) is 23.0 Å². The van der Waals surface area contributed by atoms with E-state index in [0.717, 1.165) is 26.0 Å². The number of fused-ring (bicyclic) bond motifs is 1. The van der Waals surface area contributed by atoms with Gasteiger partial charge in [-0.1, -0.05) is 0 Å². The zero-order valence-corrected chi connectivity index (χ0v) is 8.69. The highest BCUT2D eigenvalue weighted by atomic mass is 32.1. The third-order valence-corrected chi connectivity index (χ3v) is 3.47. The lowest BCUT2D eigenvalue weighted by Gasteiger charge is -2.22. The zero-order chi connectivity index (χ0) is 9.10. The van der Waals surface area contributed by atoms with Gasteiger partial charge in [-0.25, -0.2) is 0 Å². The molecule has 0 bridgehead atoms. The maximum Gasteiger partial charge on any atom is 0.0931 e. The molecule has 0 spiro atoms. The van der Waals surface area contributed by atoms with Crippen LogP contribution in [0.5, 0.6) is 0 Å². The van der Waals surface area contributed by atoms with Gasteiger partial charge in [0.15, 0.2) is 0 Å². The van der Waals surface area contributed by atoms with Crippen molar-refractivity contribution < 1.29 is 4.74 Å². The largest absolute Gasteiger partial charge is 0.372 e. The van der Waals surface area contributed by atoms with Crippen molar-refractivity contribution >= 4 is 11.3 Å². The molecule has 13 heavy (non-hydrogen) atoms. The molecule has 0 fully saturated rings. The molecule has 0 amide bonds. The molecule has 2 nitrogen and oxygen atoms in total. The SMILES string of the molecule is CNCCC1OCCc2ccsc21. The van der Waals surface area contributed by atoms with Crippen LogP contribution in [0.3, 0.4) is 0 Å². The number of rotatable bonds is 3. The highest BCUT2D eigenvalue weighted by Gasteiger charge is 2.21. The quantitative estimate of drug-likeness (QED) is 0.800. The topological polar surface area (TPSA) is 21.3 Å². The van der Waals surface area contributed by atoms with Crippen molar-refractivity contribution in [2.75, 3.05) is 20.2 Å². The van der Waals surface area contributed by atoms with Crippen LogP contribution in [-0.2, 0) is 11.2 Å². The molecule has 1 unspecified atom stereocenters. The first-order valence-corrected chi connectivity index (χ1v) is 5.62. The van der Waals surface area contributed by atoms with Gasteiger partial charge in [0.1, 0.15) is 0 Å². The van der Waals surface area contributed by atoms with E-state index in [-0.39, 0.29) is 0 Å². The molecule has 0 aliphatic carbocycles. The third kappa shape index (κ3) is 1.93. The molecule has 1 aliphatic rings. The first-order valence-electron chi connectivity index (χ1n) is 4.74. The van der Waals surface area contributed by atoms with Gasteiger partial charge in [-0.15, -0.1) is 11.3 Å². The van der Waals surface area contributed by atoms with Gasteiger partial charge in [0, 0.05) is 4.88 Å². The van der Waals surface area contributed by atoms with Crippen LogP contribution in [0, 0.1) is 0 Å². The summed E-state index contributed by atoms with van der Waals surface area (Å²) in [6.45, 7) is 1.92. The number of hydrogen-bond donors (Lipinski definition) is 1. The van der Waals surface area contributed by atoms with Crippen LogP contribution in [-0.4, -0.2) is 20.2 Å². The fraction of sp³-hybridized carbons (Fsp3) is 0.600. The molecule has 1 atom stereocenters. The van der Waals surface area contributed by atoms with Crippen LogP contribution >= 0.6 is 11.3 Å². The van der Waals surface area contributed by atoms with Gasteiger partial charge in [0.25, 0.3) is 0 Å². The fourth-order valence-corrected chi connectivity index (χ4v) is 2.75. The maximum absolute atomic E-state index is 5.74. The predicted octanol–water partition coefficient (Wildman–Crippen LogP) is 1.97. The summed E-state index contributed by atoms with van der Waals surface area (Å²) in [5.41, 5.74) is 1.50. The second kappa shape index (κ2) is 4.22. The van der Waals surface area contributed by atoms with E-state index in [0.29, 0.717) is 6.10 Å². The van der Waals surface area contributed by atoms with E-state index >= 15 is 0 Å². The molecule has 1 N–H and O–H groups in total. The molecule has 1 aromatic heterocycles. The molecule has 0 saturated heterocycles. The Morgan fingerprint density at radius 2 is 2.62 bits per heavy atom. The number of hydrogen-bond acceptors (Lipinski definition) is 3. The maximum atomic E-state index is 5.74. The van der Waals surface area contributed by atoms with Crippen LogP contribution < -0.4 is 5.32 Å². The van der Waals surface area contributed by atoms with E-state index in [4.69, 9.17) is 4.74 Å². The van der Waals surface area contributed by atoms with Gasteiger partial charge in [0.05, 0.1) is 12.7 Å². The molecule has 0 saturated carbocycles. The summed E-state index contributed by atoms with van der Waals surface area (Å²) >= 11 is 1.83. The van der Waals surface area contributed by atoms with Gasteiger partial charge >= 0.3 is 0 Å². The van der Waals surface area contributed by atoms with Crippen molar-refractivity contribution in [1.29, 1.82) is 0 Å². The van der Waals surface area contributed by atoms with Crippen molar-refractivity contribution in [3.8, 4) is 0 Å². The monoisotopic (exact) mass is 197 g/mol. The Kier molecular flexibility index (Phi) is 2.98. The lowest BCUT2D eigenvalue weighted by molar-refractivity contribution is 0.0401. The highest BCUT2D eigenvalue weighted by molar-refractivity contribution is 7.10. The van der Waals surface area contributed by atoms with E-state index < -0.39 is 0 Å². The van der Waals surface area contributed by atoms with Crippen molar-refractivity contribution in [2.24, 2.45) is 0 Å². The smallest absolute Gasteiger partial charge is 0.0931 e. The second-order valence-electron chi connectivity index (χ2n) is 3.31. The Morgan fingerprint density at radius 1 is 1.69 bits per heavy atom. The second-order valence-corrected chi connectivity index (χ2v) is 4.26. The van der Waals surface area contributed by atoms with Gasteiger partial charge in [-0.3, -0.25) is 0 Å². The van der Waals surface area contributed by atoms with Gasteiger partial charge in [0.2, 0.25) is 0 Å². The molecule has 72 valence electrons. The Balaban J connectivity index is 2.07. The molecule has 2 rings (SSSR count). The van der Waals surface area contributed by atoms with Crippen LogP contribution in [0.2, 0.25) is 0 Å². The van der Waals surface area contributed by atoms with Crippen molar-refractivity contribution in [1.82, 2.24) is 5.32 Å². The summed E-state index contributed by atoms with van der Waals surface area (Å²) in [4.78, 5) is 1.45. The Labute approximate surface area is 82.9 Å². The summed E-state index contributed by atoms with van der Waals surface area (Å²) in [5.74, 6) is 0. The van der Waals surface area contributed by atoms with Gasteiger partial charge in [-0.05, 0) is 43.4 Å². The average Bonchev–Trinajstić information content (AvgIpc) is 2.62. The van der Waals surface area contributed by atoms with Crippen LogP contribution in [0.25, 0.3) is 0 Å². The summed E-state index contributed by atoms with van der Waals surface area (Å²) in [7, 11) is 1.98. The first-order chi connectivity index (χ1) is 6.42. The standard InChI is InChI=1S/C10H15NOS/c1-11-5-2-9-10-8(3-6-12-9)4-7-13-10/h4,7,9,11H,2-3,5-6H2,1H3. The Bertz CT molecular complexity index is 272. The molecule has 1 aromatic rings. The van der Waals surface area contributed by atoms with E-state index in [1.807, 2.05) is 18.4 Å². The van der Waals surface area contributed by atoms with Gasteiger partial charge < -0.3 is 10.1 Å². The first kappa shape index (κ1) is 9.19. The third-order valence-electron chi connectivity index (χ3n) is 2.42. The molecular formula is C10H15NOS. The number of thiophene rings is 1. The number of ether oxygens (including phenoxy) is 1. The lowest BCUT2D eigenvalue weighted by Crippen LogP contribution is -2.18. The number of nitrogens with one attached hydrogen (secondary N) is 1. The van der Waals surface area contributed by atoms with Crippen molar-refractivity contribution in [3.63, 3.8) is 0 Å². The fourth-order valence-electron chi connectivity index (χ4n) is 1.71. The molecule has 0 aromatic carbocycles. The minimum absolute atomic E-state index is 0.344. The van der Waals surface area contributed by atoms with Crippen molar-refractivity contribution in [3.05, 3.63) is 21.9 Å². The van der Waals surface area contributed by atoms with Gasteiger partial charge in [-0.2, -0.15) is 0 Å². The van der Waals surface area contributed by atoms with E-state index in [1.54, 1.807) is 0 Å². The normalized spacial score (nSPS) is 21.5. The summed E-state index contributed by atoms with van der Waals surface area (Å²) in [5, 5.41) is 5.33. The van der Waals surface area contributed by atoms with E-state index in [9.17, 15) is 0 Å². The molecular weight excluding hydrogens is 182 g/mol. The van der Waals surface area contributed by atoms with E-state index in [1.165, 1.54) is 10.4 Å². The zero-order valence-electron chi connectivity index (χ0n) is 7.88. The van der Waals surface area contributed by atoms with E-state index in [2.05, 4.69) is 16.8 Å². The molecule has 0 radical (unpaired) electrons. The van der Waals surface area contributed by atoms with Crippen LogP contribution in [0.4, 0.5) is 0 Å². The Morgan fingerprint density at radius 3 is 3.46 bits per heavy atom. The average molecular weight is 197 g/mol. The summed E-state index contributed by atoms with van der Waals surface area (Å²) < 4.78 is 5.74. The molecule has 3 heteroatoms. The van der Waals surface area contributed by atoms with Crippen LogP contribution in [0.15, 0.2) is 11.4 Å².